The molecular formula is C27H39N5O3. The summed E-state index contributed by atoms with van der Waals surface area (Å²) < 4.78 is 0. The summed E-state index contributed by atoms with van der Waals surface area (Å²) in [4.78, 5) is 43.9. The van der Waals surface area contributed by atoms with E-state index in [-0.39, 0.29) is 43.4 Å². The third-order valence-electron chi connectivity index (χ3n) is 6.99. The first-order valence-electron chi connectivity index (χ1n) is 12.8. The molecule has 0 radical (unpaired) electrons. The second kappa shape index (κ2) is 12.6. The molecule has 0 saturated carbocycles. The molecule has 1 aromatic rings. The molecule has 3 atom stereocenters. The smallest absolute Gasteiger partial charge is 0.334 e. The van der Waals surface area contributed by atoms with Crippen LogP contribution in [0.4, 0.5) is 4.79 Å². The molecule has 2 aliphatic rings. The third-order valence-corrected chi connectivity index (χ3v) is 6.99. The van der Waals surface area contributed by atoms with E-state index < -0.39 is 12.2 Å². The van der Waals surface area contributed by atoms with Gasteiger partial charge in [0.1, 0.15) is 12.2 Å². The molecular weight excluding hydrogens is 442 g/mol. The summed E-state index contributed by atoms with van der Waals surface area (Å²) in [5, 5.41) is 6.19. The van der Waals surface area contributed by atoms with Crippen molar-refractivity contribution in [3.63, 3.8) is 0 Å². The third kappa shape index (κ3) is 6.15. The molecule has 8 nitrogen and oxygen atoms in total. The first-order chi connectivity index (χ1) is 16.9. The maximum atomic E-state index is 13.6. The number of rotatable bonds is 10. The SMILES string of the molecule is C#CCN1CC(=O)N2[C@@H](C(C)CC)C(=O)N(CCCCCC)C[C@@H]2N1C(=O)NCc1ccccc1. The zero-order valence-electron chi connectivity index (χ0n) is 21.3. The molecule has 1 unspecified atom stereocenters. The van der Waals surface area contributed by atoms with E-state index in [9.17, 15) is 14.4 Å². The van der Waals surface area contributed by atoms with Crippen molar-refractivity contribution in [3.05, 3.63) is 35.9 Å². The number of urea groups is 1. The minimum absolute atomic E-state index is 0.0181. The molecule has 2 fully saturated rings. The second-order valence-corrected chi connectivity index (χ2v) is 9.47. The van der Waals surface area contributed by atoms with E-state index >= 15 is 0 Å². The van der Waals surface area contributed by atoms with Gasteiger partial charge in [0.25, 0.3) is 0 Å². The number of terminal acetylenes is 1. The van der Waals surface area contributed by atoms with Crippen LogP contribution in [0.3, 0.4) is 0 Å². The van der Waals surface area contributed by atoms with Crippen molar-refractivity contribution >= 4 is 17.8 Å². The number of benzene rings is 1. The van der Waals surface area contributed by atoms with Crippen molar-refractivity contribution in [2.24, 2.45) is 5.92 Å². The molecule has 1 aromatic carbocycles. The van der Waals surface area contributed by atoms with Crippen LogP contribution in [0.1, 0.15) is 58.4 Å². The van der Waals surface area contributed by atoms with Gasteiger partial charge >= 0.3 is 6.03 Å². The molecule has 3 rings (SSSR count). The molecule has 0 aromatic heterocycles. The molecule has 2 saturated heterocycles. The largest absolute Gasteiger partial charge is 0.337 e. The van der Waals surface area contributed by atoms with Gasteiger partial charge in [-0.3, -0.25) is 9.59 Å². The standard InChI is InChI=1S/C27H39N5O3/c1-5-8-9-13-17-29-19-23-31(25(26(29)34)21(4)7-3)24(33)20-30(16-6-2)32(23)27(35)28-18-22-14-11-10-12-15-22/h2,10-12,14-15,21,23,25H,5,7-9,13,16-20H2,1,3-4H3,(H,28,35)/t21?,23-,25-/m0/s1. The minimum Gasteiger partial charge on any atom is -0.337 e. The Morgan fingerprint density at radius 3 is 2.57 bits per heavy atom. The summed E-state index contributed by atoms with van der Waals surface area (Å²) in [6, 6.07) is 8.76. The lowest BCUT2D eigenvalue weighted by Crippen LogP contribution is -2.77. The number of hydrogen-bond donors (Lipinski definition) is 1. The number of hydrazine groups is 1. The number of nitrogens with one attached hydrogen (secondary N) is 1. The van der Waals surface area contributed by atoms with Crippen molar-refractivity contribution in [3.8, 4) is 12.3 Å². The number of carbonyl (C=O) groups is 3. The molecule has 4 amide bonds. The predicted molar refractivity (Wildman–Crippen MR) is 136 cm³/mol. The first-order valence-corrected chi connectivity index (χ1v) is 12.8. The van der Waals surface area contributed by atoms with E-state index in [1.165, 1.54) is 0 Å². The van der Waals surface area contributed by atoms with Gasteiger partial charge in [0.2, 0.25) is 11.8 Å². The Bertz CT molecular complexity index is 915. The van der Waals surface area contributed by atoms with Gasteiger partial charge in [-0.2, -0.15) is 5.01 Å². The monoisotopic (exact) mass is 481 g/mol. The summed E-state index contributed by atoms with van der Waals surface area (Å²) in [6.45, 7) is 7.54. The summed E-state index contributed by atoms with van der Waals surface area (Å²) in [5.41, 5.74) is 0.975. The van der Waals surface area contributed by atoms with Gasteiger partial charge in [0.15, 0.2) is 0 Å². The normalized spacial score (nSPS) is 21.5. The highest BCUT2D eigenvalue weighted by Crippen LogP contribution is 2.31. The van der Waals surface area contributed by atoms with E-state index in [0.717, 1.165) is 37.7 Å². The summed E-state index contributed by atoms with van der Waals surface area (Å²) in [5.74, 6) is 2.37. The molecule has 2 aliphatic heterocycles. The fraction of sp³-hybridized carbons (Fsp3) is 0.593. The number of unbranched alkanes of at least 4 members (excludes halogenated alkanes) is 3. The highest BCUT2D eigenvalue weighted by atomic mass is 16.2. The average Bonchev–Trinajstić information content (AvgIpc) is 2.86. The van der Waals surface area contributed by atoms with Crippen molar-refractivity contribution in [2.75, 3.05) is 26.2 Å². The molecule has 0 aliphatic carbocycles. The molecule has 0 bridgehead atoms. The summed E-state index contributed by atoms with van der Waals surface area (Å²) >= 11 is 0. The van der Waals surface area contributed by atoms with Crippen LogP contribution in [-0.2, 0) is 16.1 Å². The highest BCUT2D eigenvalue weighted by Gasteiger charge is 2.52. The number of piperazine rings is 1. The van der Waals surface area contributed by atoms with Crippen LogP contribution in [-0.4, -0.2) is 76.0 Å². The Balaban J connectivity index is 1.89. The molecule has 1 N–H and O–H groups in total. The molecule has 0 spiro atoms. The average molecular weight is 482 g/mol. The van der Waals surface area contributed by atoms with Gasteiger partial charge < -0.3 is 15.1 Å². The van der Waals surface area contributed by atoms with E-state index in [4.69, 9.17) is 6.42 Å². The molecule has 190 valence electrons. The van der Waals surface area contributed by atoms with E-state index in [0.29, 0.717) is 13.1 Å². The van der Waals surface area contributed by atoms with Crippen LogP contribution < -0.4 is 5.32 Å². The van der Waals surface area contributed by atoms with Crippen LogP contribution in [0.15, 0.2) is 30.3 Å². The topological polar surface area (TPSA) is 76.2 Å². The van der Waals surface area contributed by atoms with Crippen molar-refractivity contribution in [1.82, 2.24) is 25.1 Å². The van der Waals surface area contributed by atoms with Crippen LogP contribution in [0, 0.1) is 18.3 Å². The number of nitrogens with zero attached hydrogens (tertiary/aromatic N) is 4. The lowest BCUT2D eigenvalue weighted by Gasteiger charge is -2.55. The molecule has 35 heavy (non-hydrogen) atoms. The molecule has 2 heterocycles. The predicted octanol–water partition coefficient (Wildman–Crippen LogP) is 3.05. The number of hydrogen-bond acceptors (Lipinski definition) is 4. The summed E-state index contributed by atoms with van der Waals surface area (Å²) in [7, 11) is 0. The van der Waals surface area contributed by atoms with E-state index in [1.807, 2.05) is 49.1 Å². The minimum atomic E-state index is -0.594. The van der Waals surface area contributed by atoms with Crippen molar-refractivity contribution < 1.29 is 14.4 Å². The lowest BCUT2D eigenvalue weighted by atomic mass is 9.92. The zero-order chi connectivity index (χ0) is 25.4. The first kappa shape index (κ1) is 26.6. The Hall–Kier alpha value is -3.05. The quantitative estimate of drug-likeness (QED) is 0.412. The van der Waals surface area contributed by atoms with Crippen LogP contribution in [0.5, 0.6) is 0 Å². The summed E-state index contributed by atoms with van der Waals surface area (Å²) in [6.07, 6.45) is 9.95. The number of carbonyl (C=O) groups excluding carboxylic acids is 3. The fourth-order valence-corrected chi connectivity index (χ4v) is 4.91. The van der Waals surface area contributed by atoms with Crippen molar-refractivity contribution in [2.45, 2.75) is 71.6 Å². The van der Waals surface area contributed by atoms with Gasteiger partial charge in [-0.25, -0.2) is 9.80 Å². The van der Waals surface area contributed by atoms with Crippen LogP contribution in [0.2, 0.25) is 0 Å². The zero-order valence-corrected chi connectivity index (χ0v) is 21.3. The van der Waals surface area contributed by atoms with Gasteiger partial charge in [-0.1, -0.05) is 82.7 Å². The lowest BCUT2D eigenvalue weighted by molar-refractivity contribution is -0.192. The van der Waals surface area contributed by atoms with Crippen molar-refractivity contribution in [1.29, 1.82) is 0 Å². The maximum absolute atomic E-state index is 13.6. The number of amides is 4. The maximum Gasteiger partial charge on any atom is 0.334 e. The number of fused-ring (bicyclic) bond motifs is 1. The Labute approximate surface area is 209 Å². The Morgan fingerprint density at radius 2 is 1.91 bits per heavy atom. The van der Waals surface area contributed by atoms with Gasteiger partial charge in [0, 0.05) is 13.1 Å². The van der Waals surface area contributed by atoms with Crippen LogP contribution >= 0.6 is 0 Å². The molecule has 8 heteroatoms. The van der Waals surface area contributed by atoms with Gasteiger partial charge in [0.05, 0.1) is 19.6 Å². The van der Waals surface area contributed by atoms with E-state index in [1.54, 1.807) is 14.9 Å². The van der Waals surface area contributed by atoms with Gasteiger partial charge in [-0.05, 0) is 17.9 Å². The fourth-order valence-electron chi connectivity index (χ4n) is 4.91. The van der Waals surface area contributed by atoms with Crippen LogP contribution in [0.25, 0.3) is 0 Å². The van der Waals surface area contributed by atoms with Gasteiger partial charge in [-0.15, -0.1) is 6.42 Å². The Morgan fingerprint density at radius 1 is 1.17 bits per heavy atom. The Kier molecular flexibility index (Phi) is 9.55. The highest BCUT2D eigenvalue weighted by molar-refractivity contribution is 5.91. The van der Waals surface area contributed by atoms with E-state index in [2.05, 4.69) is 18.2 Å². The second-order valence-electron chi connectivity index (χ2n) is 9.47.